The summed E-state index contributed by atoms with van der Waals surface area (Å²) in [5.41, 5.74) is 4.68. The van der Waals surface area contributed by atoms with Crippen LogP contribution in [0.2, 0.25) is 0 Å². The van der Waals surface area contributed by atoms with Crippen LogP contribution in [-0.4, -0.2) is 15.0 Å². The molecule has 1 aliphatic rings. The molecule has 0 bridgehead atoms. The first kappa shape index (κ1) is 14.9. The standard InChI is InChI=1S/C17H20N2O2S/c1-13-9-10-16(12-14(13)2)18-22(20,21)19-11-5-7-15-6-3-4-8-17(15)19/h3-4,6,8-10,12,18H,5,7,11H2,1-2H3. The van der Waals surface area contributed by atoms with E-state index in [1.54, 1.807) is 6.07 Å². The van der Waals surface area contributed by atoms with Crippen LogP contribution < -0.4 is 9.03 Å². The zero-order valence-electron chi connectivity index (χ0n) is 12.8. The molecule has 0 spiro atoms. The van der Waals surface area contributed by atoms with Crippen LogP contribution in [0.25, 0.3) is 0 Å². The Labute approximate surface area is 132 Å². The molecule has 0 saturated heterocycles. The van der Waals surface area contributed by atoms with Gasteiger partial charge in [0, 0.05) is 6.54 Å². The largest absolute Gasteiger partial charge is 0.323 e. The fourth-order valence-electron chi connectivity index (χ4n) is 2.76. The maximum Gasteiger partial charge on any atom is 0.323 e. The number of benzene rings is 2. The maximum absolute atomic E-state index is 12.7. The molecule has 1 heterocycles. The Morgan fingerprint density at radius 3 is 2.59 bits per heavy atom. The van der Waals surface area contributed by atoms with Crippen molar-refractivity contribution in [1.82, 2.24) is 0 Å². The van der Waals surface area contributed by atoms with E-state index in [0.29, 0.717) is 12.2 Å². The Morgan fingerprint density at radius 2 is 1.82 bits per heavy atom. The second kappa shape index (κ2) is 5.65. The lowest BCUT2D eigenvalue weighted by atomic mass is 10.0. The molecule has 0 saturated carbocycles. The molecule has 0 unspecified atom stereocenters. The summed E-state index contributed by atoms with van der Waals surface area (Å²) in [7, 11) is -3.60. The van der Waals surface area contributed by atoms with Crippen molar-refractivity contribution >= 4 is 21.6 Å². The van der Waals surface area contributed by atoms with Gasteiger partial charge in [-0.1, -0.05) is 24.3 Å². The lowest BCUT2D eigenvalue weighted by molar-refractivity contribution is 0.592. The van der Waals surface area contributed by atoms with Gasteiger partial charge in [0.25, 0.3) is 0 Å². The van der Waals surface area contributed by atoms with Crippen LogP contribution in [0.3, 0.4) is 0 Å². The molecule has 1 aliphatic heterocycles. The van der Waals surface area contributed by atoms with Crippen molar-refractivity contribution < 1.29 is 8.42 Å². The monoisotopic (exact) mass is 316 g/mol. The smallest absolute Gasteiger partial charge is 0.267 e. The Hall–Kier alpha value is -2.01. The number of fused-ring (bicyclic) bond motifs is 1. The molecule has 4 nitrogen and oxygen atoms in total. The van der Waals surface area contributed by atoms with Crippen LogP contribution in [0.4, 0.5) is 11.4 Å². The normalized spacial score (nSPS) is 14.5. The third-order valence-corrected chi connectivity index (χ3v) is 5.56. The molecule has 0 aliphatic carbocycles. The van der Waals surface area contributed by atoms with E-state index >= 15 is 0 Å². The molecule has 2 aromatic carbocycles. The van der Waals surface area contributed by atoms with Crippen molar-refractivity contribution in [2.75, 3.05) is 15.6 Å². The minimum absolute atomic E-state index is 0.511. The molecule has 0 amide bonds. The van der Waals surface area contributed by atoms with Gasteiger partial charge in [0.05, 0.1) is 11.4 Å². The second-order valence-electron chi connectivity index (χ2n) is 5.71. The Kier molecular flexibility index (Phi) is 3.83. The molecule has 2 aromatic rings. The summed E-state index contributed by atoms with van der Waals surface area (Å²) in [5.74, 6) is 0. The van der Waals surface area contributed by atoms with Gasteiger partial charge in [-0.05, 0) is 61.6 Å². The fraction of sp³-hybridized carbons (Fsp3) is 0.294. The molecule has 3 rings (SSSR count). The van der Waals surface area contributed by atoms with Crippen LogP contribution in [0.5, 0.6) is 0 Å². The van der Waals surface area contributed by atoms with Gasteiger partial charge in [-0.2, -0.15) is 8.42 Å². The minimum atomic E-state index is -3.60. The van der Waals surface area contributed by atoms with E-state index in [1.165, 1.54) is 4.31 Å². The molecule has 1 N–H and O–H groups in total. The van der Waals surface area contributed by atoms with Gasteiger partial charge in [0.15, 0.2) is 0 Å². The zero-order valence-corrected chi connectivity index (χ0v) is 13.7. The van der Waals surface area contributed by atoms with Crippen molar-refractivity contribution in [3.8, 4) is 0 Å². The van der Waals surface area contributed by atoms with E-state index in [4.69, 9.17) is 0 Å². The number of aryl methyl sites for hydroxylation is 3. The van der Waals surface area contributed by atoms with E-state index < -0.39 is 10.2 Å². The lowest BCUT2D eigenvalue weighted by Crippen LogP contribution is -2.39. The SMILES string of the molecule is Cc1ccc(NS(=O)(=O)N2CCCc3ccccc32)cc1C. The van der Waals surface area contributed by atoms with Gasteiger partial charge in [0.2, 0.25) is 0 Å². The molecular formula is C17H20N2O2S. The zero-order chi connectivity index (χ0) is 15.7. The molecule has 116 valence electrons. The van der Waals surface area contributed by atoms with Crippen molar-refractivity contribution in [3.05, 3.63) is 59.2 Å². The number of para-hydroxylation sites is 1. The van der Waals surface area contributed by atoms with E-state index in [1.807, 2.05) is 50.2 Å². The van der Waals surface area contributed by atoms with Crippen molar-refractivity contribution in [2.24, 2.45) is 0 Å². The number of nitrogens with one attached hydrogen (secondary N) is 1. The average Bonchev–Trinajstić information content (AvgIpc) is 2.50. The molecule has 0 radical (unpaired) electrons. The highest BCUT2D eigenvalue weighted by atomic mass is 32.2. The summed E-state index contributed by atoms with van der Waals surface area (Å²) in [5, 5.41) is 0. The predicted molar refractivity (Wildman–Crippen MR) is 90.6 cm³/mol. The summed E-state index contributed by atoms with van der Waals surface area (Å²) >= 11 is 0. The van der Waals surface area contributed by atoms with Crippen LogP contribution in [0, 0.1) is 13.8 Å². The molecular weight excluding hydrogens is 296 g/mol. The second-order valence-corrected chi connectivity index (χ2v) is 7.31. The fourth-order valence-corrected chi connectivity index (χ4v) is 4.10. The number of anilines is 2. The number of nitrogens with zero attached hydrogens (tertiary/aromatic N) is 1. The Bertz CT molecular complexity index is 800. The topological polar surface area (TPSA) is 49.4 Å². The molecule has 22 heavy (non-hydrogen) atoms. The van der Waals surface area contributed by atoms with Crippen LogP contribution in [0.1, 0.15) is 23.1 Å². The lowest BCUT2D eigenvalue weighted by Gasteiger charge is -2.30. The Morgan fingerprint density at radius 1 is 1.05 bits per heavy atom. The first-order chi connectivity index (χ1) is 10.5. The number of hydrogen-bond acceptors (Lipinski definition) is 2. The molecule has 0 atom stereocenters. The predicted octanol–water partition coefficient (Wildman–Crippen LogP) is 3.41. The summed E-state index contributed by atoms with van der Waals surface area (Å²) < 4.78 is 29.6. The van der Waals surface area contributed by atoms with E-state index in [0.717, 1.165) is 35.2 Å². The summed E-state index contributed by atoms with van der Waals surface area (Å²) in [4.78, 5) is 0. The minimum Gasteiger partial charge on any atom is -0.267 e. The highest BCUT2D eigenvalue weighted by molar-refractivity contribution is 7.94. The van der Waals surface area contributed by atoms with Crippen LogP contribution in [-0.2, 0) is 16.6 Å². The quantitative estimate of drug-likeness (QED) is 0.943. The van der Waals surface area contributed by atoms with Gasteiger partial charge in [-0.3, -0.25) is 9.03 Å². The molecule has 0 aromatic heterocycles. The average molecular weight is 316 g/mol. The molecule has 5 heteroatoms. The van der Waals surface area contributed by atoms with Crippen molar-refractivity contribution in [2.45, 2.75) is 26.7 Å². The Balaban J connectivity index is 1.92. The van der Waals surface area contributed by atoms with Gasteiger partial charge in [-0.15, -0.1) is 0 Å². The summed E-state index contributed by atoms with van der Waals surface area (Å²) in [6.07, 6.45) is 1.76. The summed E-state index contributed by atoms with van der Waals surface area (Å²) in [6, 6.07) is 13.3. The van der Waals surface area contributed by atoms with Gasteiger partial charge in [0.1, 0.15) is 0 Å². The first-order valence-electron chi connectivity index (χ1n) is 7.43. The highest BCUT2D eigenvalue weighted by Crippen LogP contribution is 2.29. The van der Waals surface area contributed by atoms with Crippen LogP contribution >= 0.6 is 0 Å². The van der Waals surface area contributed by atoms with Crippen LogP contribution in [0.15, 0.2) is 42.5 Å². The van der Waals surface area contributed by atoms with Gasteiger partial charge in [-0.25, -0.2) is 0 Å². The number of hydrogen-bond donors (Lipinski definition) is 1. The maximum atomic E-state index is 12.7. The number of rotatable bonds is 3. The van der Waals surface area contributed by atoms with E-state index in [2.05, 4.69) is 4.72 Å². The van der Waals surface area contributed by atoms with Gasteiger partial charge < -0.3 is 0 Å². The summed E-state index contributed by atoms with van der Waals surface area (Å²) in [6.45, 7) is 4.50. The third-order valence-electron chi connectivity index (χ3n) is 4.11. The van der Waals surface area contributed by atoms with Crippen molar-refractivity contribution in [3.63, 3.8) is 0 Å². The molecule has 0 fully saturated rings. The van der Waals surface area contributed by atoms with E-state index in [9.17, 15) is 8.42 Å². The van der Waals surface area contributed by atoms with E-state index in [-0.39, 0.29) is 0 Å². The third kappa shape index (κ3) is 2.81. The van der Waals surface area contributed by atoms with Gasteiger partial charge >= 0.3 is 10.2 Å². The highest BCUT2D eigenvalue weighted by Gasteiger charge is 2.27. The van der Waals surface area contributed by atoms with Crippen molar-refractivity contribution in [1.29, 1.82) is 0 Å². The first-order valence-corrected chi connectivity index (χ1v) is 8.87.